The number of rotatable bonds is 2. The van der Waals surface area contributed by atoms with Gasteiger partial charge in [-0.3, -0.25) is 4.79 Å². The third-order valence-corrected chi connectivity index (χ3v) is 3.78. The maximum atomic E-state index is 12.8. The molecule has 0 N–H and O–H groups in total. The van der Waals surface area contributed by atoms with E-state index in [4.69, 9.17) is 18.9 Å². The summed E-state index contributed by atoms with van der Waals surface area (Å²) in [6, 6.07) is 3.44. The van der Waals surface area contributed by atoms with Gasteiger partial charge in [-0.15, -0.1) is 0 Å². The summed E-state index contributed by atoms with van der Waals surface area (Å²) in [7, 11) is 1.56. The Balaban J connectivity index is 1.89. The molecule has 0 bridgehead atoms. The van der Waals surface area contributed by atoms with E-state index < -0.39 is 0 Å². The van der Waals surface area contributed by atoms with Gasteiger partial charge in [-0.05, 0) is 26.0 Å². The summed E-state index contributed by atoms with van der Waals surface area (Å²) in [5.41, 5.74) is 0.544. The fourth-order valence-corrected chi connectivity index (χ4v) is 2.92. The molecular weight excluding hydrogens is 286 g/mol. The summed E-state index contributed by atoms with van der Waals surface area (Å²) in [6.07, 6.45) is 0.0682. The van der Waals surface area contributed by atoms with Crippen LogP contribution in [0.3, 0.4) is 0 Å². The van der Waals surface area contributed by atoms with Crippen molar-refractivity contribution in [3.05, 3.63) is 17.7 Å². The number of methoxy groups -OCH3 is 1. The number of carbonyl (C=O) groups excluding carboxylic acids is 1. The average Bonchev–Trinajstić information content (AvgIpc) is 2.52. The number of fused-ring (bicyclic) bond motifs is 1. The zero-order valence-electron chi connectivity index (χ0n) is 13.1. The van der Waals surface area contributed by atoms with E-state index >= 15 is 0 Å². The Morgan fingerprint density at radius 2 is 1.86 bits per heavy atom. The van der Waals surface area contributed by atoms with Gasteiger partial charge in [0.2, 0.25) is 5.75 Å². The van der Waals surface area contributed by atoms with Gasteiger partial charge >= 0.3 is 0 Å². The van der Waals surface area contributed by atoms with Gasteiger partial charge in [0.05, 0.1) is 19.3 Å². The van der Waals surface area contributed by atoms with E-state index in [1.807, 2.05) is 18.7 Å². The molecule has 2 aliphatic heterocycles. The smallest absolute Gasteiger partial charge is 0.254 e. The Morgan fingerprint density at radius 3 is 2.55 bits per heavy atom. The van der Waals surface area contributed by atoms with Gasteiger partial charge in [0, 0.05) is 18.7 Å². The topological polar surface area (TPSA) is 57.2 Å². The highest BCUT2D eigenvalue weighted by molar-refractivity contribution is 5.95. The van der Waals surface area contributed by atoms with Gasteiger partial charge in [0.1, 0.15) is 13.2 Å². The van der Waals surface area contributed by atoms with Crippen LogP contribution < -0.4 is 14.2 Å². The molecule has 1 aromatic rings. The molecule has 0 radical (unpaired) electrons. The van der Waals surface area contributed by atoms with Gasteiger partial charge < -0.3 is 23.8 Å². The second-order valence-electron chi connectivity index (χ2n) is 5.67. The fraction of sp³-hybridized carbons (Fsp3) is 0.562. The standard InChI is InChI=1S/C16H21NO5/c1-10-8-17(9-11(2)22-10)16(18)12-6-13(19-3)15-14(7-12)20-4-5-21-15/h6-7,10-11H,4-5,8-9H2,1-3H3/t10-,11+. The van der Waals surface area contributed by atoms with E-state index in [-0.39, 0.29) is 18.1 Å². The lowest BCUT2D eigenvalue weighted by atomic mass is 10.1. The molecule has 0 aromatic heterocycles. The van der Waals surface area contributed by atoms with Gasteiger partial charge in [-0.2, -0.15) is 0 Å². The van der Waals surface area contributed by atoms with Crippen molar-refractivity contribution in [3.63, 3.8) is 0 Å². The Kier molecular flexibility index (Phi) is 4.11. The largest absolute Gasteiger partial charge is 0.493 e. The van der Waals surface area contributed by atoms with Crippen molar-refractivity contribution < 1.29 is 23.7 Å². The molecule has 0 aliphatic carbocycles. The molecule has 6 heteroatoms. The van der Waals surface area contributed by atoms with Crippen LogP contribution in [-0.4, -0.2) is 56.4 Å². The molecule has 1 aromatic carbocycles. The van der Waals surface area contributed by atoms with Crippen molar-refractivity contribution in [2.45, 2.75) is 26.1 Å². The van der Waals surface area contributed by atoms with Crippen molar-refractivity contribution >= 4 is 5.91 Å². The number of morpholine rings is 1. The maximum Gasteiger partial charge on any atom is 0.254 e. The van der Waals surface area contributed by atoms with Crippen LogP contribution in [0, 0.1) is 0 Å². The van der Waals surface area contributed by atoms with Crippen molar-refractivity contribution in [3.8, 4) is 17.2 Å². The van der Waals surface area contributed by atoms with Gasteiger partial charge in [-0.25, -0.2) is 0 Å². The number of carbonyl (C=O) groups is 1. The summed E-state index contributed by atoms with van der Waals surface area (Å²) in [5, 5.41) is 0. The van der Waals surface area contributed by atoms with Crippen molar-refractivity contribution in [1.82, 2.24) is 4.90 Å². The van der Waals surface area contributed by atoms with E-state index in [1.165, 1.54) is 0 Å². The third-order valence-electron chi connectivity index (χ3n) is 3.78. The highest BCUT2D eigenvalue weighted by Crippen LogP contribution is 2.40. The minimum Gasteiger partial charge on any atom is -0.493 e. The normalized spacial score (nSPS) is 24.0. The maximum absolute atomic E-state index is 12.8. The number of ether oxygens (including phenoxy) is 4. The quantitative estimate of drug-likeness (QED) is 0.832. The first-order chi connectivity index (χ1) is 10.6. The van der Waals surface area contributed by atoms with Crippen molar-refractivity contribution in [2.24, 2.45) is 0 Å². The number of hydrogen-bond acceptors (Lipinski definition) is 5. The average molecular weight is 307 g/mol. The molecule has 1 fully saturated rings. The highest BCUT2D eigenvalue weighted by Gasteiger charge is 2.28. The van der Waals surface area contributed by atoms with E-state index in [1.54, 1.807) is 19.2 Å². The molecule has 22 heavy (non-hydrogen) atoms. The summed E-state index contributed by atoms with van der Waals surface area (Å²) in [4.78, 5) is 14.6. The first kappa shape index (κ1) is 15.0. The van der Waals surface area contributed by atoms with Crippen molar-refractivity contribution in [2.75, 3.05) is 33.4 Å². The summed E-state index contributed by atoms with van der Waals surface area (Å²) in [5.74, 6) is 1.60. The molecule has 6 nitrogen and oxygen atoms in total. The first-order valence-corrected chi connectivity index (χ1v) is 7.51. The highest BCUT2D eigenvalue weighted by atomic mass is 16.6. The summed E-state index contributed by atoms with van der Waals surface area (Å²) in [6.45, 7) is 6.06. The molecule has 1 amide bonds. The number of nitrogens with zero attached hydrogens (tertiary/aromatic N) is 1. The van der Waals surface area contributed by atoms with Crippen LogP contribution in [-0.2, 0) is 4.74 Å². The van der Waals surface area contributed by atoms with Crippen LogP contribution in [0.25, 0.3) is 0 Å². The number of amides is 1. The van der Waals surface area contributed by atoms with Gasteiger partial charge in [-0.1, -0.05) is 0 Å². The molecule has 2 aliphatic rings. The summed E-state index contributed by atoms with van der Waals surface area (Å²) < 4.78 is 22.2. The lowest BCUT2D eigenvalue weighted by Gasteiger charge is -2.35. The van der Waals surface area contributed by atoms with E-state index in [0.29, 0.717) is 49.1 Å². The van der Waals surface area contributed by atoms with E-state index in [2.05, 4.69) is 0 Å². The molecule has 120 valence electrons. The molecule has 2 heterocycles. The molecule has 0 unspecified atom stereocenters. The first-order valence-electron chi connectivity index (χ1n) is 7.51. The lowest BCUT2D eigenvalue weighted by molar-refractivity contribution is -0.0586. The van der Waals surface area contributed by atoms with Crippen LogP contribution in [0.1, 0.15) is 24.2 Å². The second-order valence-corrected chi connectivity index (χ2v) is 5.67. The van der Waals surface area contributed by atoms with Crippen LogP contribution in [0.4, 0.5) is 0 Å². The van der Waals surface area contributed by atoms with E-state index in [0.717, 1.165) is 0 Å². The molecule has 1 saturated heterocycles. The zero-order valence-corrected chi connectivity index (χ0v) is 13.1. The third kappa shape index (κ3) is 2.83. The zero-order chi connectivity index (χ0) is 15.7. The fourth-order valence-electron chi connectivity index (χ4n) is 2.92. The Morgan fingerprint density at radius 1 is 1.18 bits per heavy atom. The molecular formula is C16H21NO5. The Bertz CT molecular complexity index is 547. The Hall–Kier alpha value is -1.95. The molecule has 0 saturated carbocycles. The van der Waals surface area contributed by atoms with Crippen LogP contribution in [0.15, 0.2) is 12.1 Å². The summed E-state index contributed by atoms with van der Waals surface area (Å²) >= 11 is 0. The SMILES string of the molecule is COc1cc(C(=O)N2C[C@@H](C)O[C@@H](C)C2)cc2c1OCCO2. The second kappa shape index (κ2) is 6.04. The van der Waals surface area contributed by atoms with Gasteiger partial charge in [0.25, 0.3) is 5.91 Å². The molecule has 2 atom stereocenters. The van der Waals surface area contributed by atoms with Crippen LogP contribution in [0.5, 0.6) is 17.2 Å². The monoisotopic (exact) mass is 307 g/mol. The lowest BCUT2D eigenvalue weighted by Crippen LogP contribution is -2.48. The predicted octanol–water partition coefficient (Wildman–Crippen LogP) is 1.72. The predicted molar refractivity (Wildman–Crippen MR) is 79.9 cm³/mol. The van der Waals surface area contributed by atoms with E-state index in [9.17, 15) is 4.79 Å². The minimum atomic E-state index is -0.0442. The minimum absolute atomic E-state index is 0.0341. The molecule has 0 spiro atoms. The Labute approximate surface area is 129 Å². The number of hydrogen-bond donors (Lipinski definition) is 0. The molecule has 3 rings (SSSR count). The van der Waals surface area contributed by atoms with Gasteiger partial charge in [0.15, 0.2) is 11.5 Å². The van der Waals surface area contributed by atoms with Crippen LogP contribution in [0.2, 0.25) is 0 Å². The van der Waals surface area contributed by atoms with Crippen molar-refractivity contribution in [1.29, 1.82) is 0 Å². The number of benzene rings is 1. The van der Waals surface area contributed by atoms with Crippen LogP contribution >= 0.6 is 0 Å².